The van der Waals surface area contributed by atoms with Crippen LogP contribution in [0.3, 0.4) is 0 Å². The number of rotatable bonds is 7. The normalized spacial score (nSPS) is 16.0. The molecule has 0 bridgehead atoms. The second kappa shape index (κ2) is 9.23. The lowest BCUT2D eigenvalue weighted by Gasteiger charge is -2.35. The number of hydrogen-bond acceptors (Lipinski definition) is 5. The number of nitrogens with zero attached hydrogens (tertiary/aromatic N) is 2. The first-order valence-corrected chi connectivity index (χ1v) is 9.70. The molecular formula is C20H25ClN3O4+. The van der Waals surface area contributed by atoms with Crippen LogP contribution in [-0.4, -0.2) is 55.5 Å². The fourth-order valence-electron chi connectivity index (χ4n) is 3.44. The predicted molar refractivity (Wildman–Crippen MR) is 109 cm³/mol. The van der Waals surface area contributed by atoms with Gasteiger partial charge in [0.25, 0.3) is 5.69 Å². The van der Waals surface area contributed by atoms with Gasteiger partial charge in [0.05, 0.1) is 31.1 Å². The van der Waals surface area contributed by atoms with Crippen molar-refractivity contribution in [2.75, 3.05) is 44.2 Å². The molecule has 0 aromatic heterocycles. The summed E-state index contributed by atoms with van der Waals surface area (Å²) in [5.41, 5.74) is 2.41. The number of halogens is 1. The van der Waals surface area contributed by atoms with Crippen molar-refractivity contribution >= 4 is 23.0 Å². The largest absolute Gasteiger partial charge is 0.491 e. The Morgan fingerprint density at radius 1 is 1.25 bits per heavy atom. The Labute approximate surface area is 169 Å². The molecule has 1 aliphatic rings. The number of hydrogen-bond donors (Lipinski definition) is 2. The van der Waals surface area contributed by atoms with Crippen LogP contribution in [0.1, 0.15) is 5.56 Å². The molecule has 0 amide bonds. The summed E-state index contributed by atoms with van der Waals surface area (Å²) in [6, 6.07) is 11.8. The average molecular weight is 407 g/mol. The summed E-state index contributed by atoms with van der Waals surface area (Å²) in [4.78, 5) is 13.9. The summed E-state index contributed by atoms with van der Waals surface area (Å²) in [5, 5.41) is 21.7. The highest BCUT2D eigenvalue weighted by molar-refractivity contribution is 6.30. The quantitative estimate of drug-likeness (QED) is 0.540. The van der Waals surface area contributed by atoms with Crippen molar-refractivity contribution in [1.29, 1.82) is 0 Å². The Hall–Kier alpha value is -2.35. The fourth-order valence-corrected chi connectivity index (χ4v) is 3.61. The van der Waals surface area contributed by atoms with E-state index in [-0.39, 0.29) is 12.3 Å². The van der Waals surface area contributed by atoms with E-state index in [1.807, 2.05) is 18.2 Å². The van der Waals surface area contributed by atoms with E-state index in [1.165, 1.54) is 28.3 Å². The third-order valence-electron chi connectivity index (χ3n) is 5.00. The molecule has 2 aromatic rings. The van der Waals surface area contributed by atoms with Gasteiger partial charge >= 0.3 is 0 Å². The molecule has 0 radical (unpaired) electrons. The molecule has 1 fully saturated rings. The Morgan fingerprint density at radius 2 is 1.93 bits per heavy atom. The van der Waals surface area contributed by atoms with Crippen LogP contribution in [0, 0.1) is 17.0 Å². The highest BCUT2D eigenvalue weighted by Crippen LogP contribution is 2.24. The summed E-state index contributed by atoms with van der Waals surface area (Å²) in [5.74, 6) is 0.515. The van der Waals surface area contributed by atoms with E-state index >= 15 is 0 Å². The summed E-state index contributed by atoms with van der Waals surface area (Å²) in [7, 11) is 0. The first-order chi connectivity index (χ1) is 13.4. The van der Waals surface area contributed by atoms with Crippen LogP contribution in [0.5, 0.6) is 5.75 Å². The summed E-state index contributed by atoms with van der Waals surface area (Å²) in [6.07, 6.45) is -0.593. The maximum Gasteiger partial charge on any atom is 0.269 e. The van der Waals surface area contributed by atoms with Crippen LogP contribution >= 0.6 is 11.6 Å². The number of quaternary nitrogens is 1. The monoisotopic (exact) mass is 406 g/mol. The maximum atomic E-state index is 10.7. The number of ether oxygens (including phenoxy) is 1. The minimum atomic E-state index is -0.593. The van der Waals surface area contributed by atoms with E-state index in [9.17, 15) is 15.2 Å². The molecule has 0 aliphatic carbocycles. The number of anilines is 1. The van der Waals surface area contributed by atoms with E-state index in [4.69, 9.17) is 16.3 Å². The third kappa shape index (κ3) is 5.34. The zero-order valence-electron chi connectivity index (χ0n) is 15.8. The van der Waals surface area contributed by atoms with E-state index in [2.05, 4.69) is 11.8 Å². The van der Waals surface area contributed by atoms with Crippen molar-refractivity contribution in [3.63, 3.8) is 0 Å². The van der Waals surface area contributed by atoms with Gasteiger partial charge in [0.1, 0.15) is 25.0 Å². The number of benzene rings is 2. The average Bonchev–Trinajstić information content (AvgIpc) is 2.69. The second-order valence-corrected chi connectivity index (χ2v) is 7.52. The molecule has 3 rings (SSSR count). The van der Waals surface area contributed by atoms with Gasteiger partial charge in [-0.3, -0.25) is 10.1 Å². The minimum absolute atomic E-state index is 0.0187. The molecule has 1 aliphatic heterocycles. The molecule has 0 unspecified atom stereocenters. The Kier molecular flexibility index (Phi) is 6.72. The fraction of sp³-hybridized carbons (Fsp3) is 0.400. The van der Waals surface area contributed by atoms with E-state index in [0.717, 1.165) is 31.2 Å². The molecule has 0 saturated carbocycles. The van der Waals surface area contributed by atoms with Gasteiger partial charge in [-0.2, -0.15) is 0 Å². The van der Waals surface area contributed by atoms with Crippen LogP contribution < -0.4 is 14.5 Å². The van der Waals surface area contributed by atoms with Gasteiger partial charge in [-0.25, -0.2) is 0 Å². The lowest BCUT2D eigenvalue weighted by atomic mass is 10.1. The van der Waals surface area contributed by atoms with Crippen LogP contribution in [0.4, 0.5) is 11.4 Å². The molecule has 2 aromatic carbocycles. The standard InChI is InChI=1S/C20H24ClN3O4/c1-15-2-3-16(21)12-20(15)23-10-8-22(9-11-23)13-18(25)14-28-19-6-4-17(5-7-19)24(26)27/h2-7,12,18,25H,8-11,13-14H2,1H3/p+1/t18-/m0/s1. The SMILES string of the molecule is Cc1ccc(Cl)cc1N1CC[NH+](C[C@H](O)COc2ccc([N+](=O)[O-])cc2)CC1. The van der Waals surface area contributed by atoms with Crippen LogP contribution in [0.25, 0.3) is 0 Å². The summed E-state index contributed by atoms with van der Waals surface area (Å²) in [6.45, 7) is 6.54. The number of nitro groups is 1. The summed E-state index contributed by atoms with van der Waals surface area (Å²) < 4.78 is 5.55. The number of nitrogens with one attached hydrogen (secondary N) is 1. The van der Waals surface area contributed by atoms with Crippen LogP contribution in [-0.2, 0) is 0 Å². The first kappa shape index (κ1) is 20.4. The van der Waals surface area contributed by atoms with Crippen LogP contribution in [0.2, 0.25) is 5.02 Å². The molecule has 8 heteroatoms. The lowest BCUT2D eigenvalue weighted by molar-refractivity contribution is -0.903. The second-order valence-electron chi connectivity index (χ2n) is 7.09. The topological polar surface area (TPSA) is 80.3 Å². The van der Waals surface area contributed by atoms with Crippen molar-refractivity contribution < 1.29 is 19.7 Å². The number of aliphatic hydroxyl groups is 1. The third-order valence-corrected chi connectivity index (χ3v) is 5.23. The number of non-ortho nitro benzene ring substituents is 1. The number of piperazine rings is 1. The number of nitro benzene ring substituents is 1. The predicted octanol–water partition coefficient (Wildman–Crippen LogP) is 1.70. The first-order valence-electron chi connectivity index (χ1n) is 9.32. The van der Waals surface area contributed by atoms with Crippen molar-refractivity contribution in [2.24, 2.45) is 0 Å². The lowest BCUT2D eigenvalue weighted by Crippen LogP contribution is -3.16. The highest BCUT2D eigenvalue weighted by atomic mass is 35.5. The van der Waals surface area contributed by atoms with E-state index < -0.39 is 11.0 Å². The van der Waals surface area contributed by atoms with Gasteiger partial charge in [-0.15, -0.1) is 0 Å². The van der Waals surface area contributed by atoms with Crippen molar-refractivity contribution in [1.82, 2.24) is 0 Å². The van der Waals surface area contributed by atoms with Crippen molar-refractivity contribution in [3.8, 4) is 5.75 Å². The van der Waals surface area contributed by atoms with Crippen molar-refractivity contribution in [2.45, 2.75) is 13.0 Å². The molecule has 0 spiro atoms. The molecule has 1 heterocycles. The molecular weight excluding hydrogens is 382 g/mol. The summed E-state index contributed by atoms with van der Waals surface area (Å²) >= 11 is 6.13. The van der Waals surface area contributed by atoms with Crippen molar-refractivity contribution in [3.05, 3.63) is 63.2 Å². The van der Waals surface area contributed by atoms with Crippen LogP contribution in [0.15, 0.2) is 42.5 Å². The van der Waals surface area contributed by atoms with Gasteiger partial charge in [-0.1, -0.05) is 17.7 Å². The highest BCUT2D eigenvalue weighted by Gasteiger charge is 2.23. The minimum Gasteiger partial charge on any atom is -0.491 e. The van der Waals surface area contributed by atoms with Gasteiger partial charge < -0.3 is 19.6 Å². The molecule has 7 nitrogen and oxygen atoms in total. The molecule has 1 atom stereocenters. The zero-order chi connectivity index (χ0) is 20.1. The van der Waals surface area contributed by atoms with E-state index in [0.29, 0.717) is 12.3 Å². The smallest absolute Gasteiger partial charge is 0.269 e. The number of aliphatic hydroxyl groups excluding tert-OH is 1. The van der Waals surface area contributed by atoms with E-state index in [1.54, 1.807) is 12.1 Å². The Bertz CT molecular complexity index is 808. The van der Waals surface area contributed by atoms with Gasteiger partial charge in [0.15, 0.2) is 0 Å². The zero-order valence-corrected chi connectivity index (χ0v) is 16.6. The Balaban J connectivity index is 1.44. The van der Waals surface area contributed by atoms with Gasteiger partial charge in [0, 0.05) is 22.8 Å². The molecule has 2 N–H and O–H groups in total. The van der Waals surface area contributed by atoms with Gasteiger partial charge in [0.2, 0.25) is 0 Å². The number of aryl methyl sites for hydroxylation is 1. The molecule has 1 saturated heterocycles. The molecule has 28 heavy (non-hydrogen) atoms. The molecule has 150 valence electrons. The Morgan fingerprint density at radius 3 is 2.57 bits per heavy atom. The maximum absolute atomic E-state index is 10.7. The van der Waals surface area contributed by atoms with Gasteiger partial charge in [-0.05, 0) is 36.8 Å².